The van der Waals surface area contributed by atoms with Crippen LogP contribution in [-0.4, -0.2) is 23.3 Å². The molecule has 78 valence electrons. The largest absolute Gasteiger partial charge is 0.389 e. The molecule has 0 radical (unpaired) electrons. The third kappa shape index (κ3) is 4.10. The van der Waals surface area contributed by atoms with Crippen LogP contribution in [0.5, 0.6) is 0 Å². The van der Waals surface area contributed by atoms with Crippen molar-refractivity contribution >= 4 is 0 Å². The summed E-state index contributed by atoms with van der Waals surface area (Å²) in [6.45, 7) is 6.73. The molecule has 0 spiro atoms. The Labute approximate surface area is 81.7 Å². The van der Waals surface area contributed by atoms with Gasteiger partial charge in [-0.2, -0.15) is 0 Å². The van der Waals surface area contributed by atoms with Crippen molar-refractivity contribution < 1.29 is 5.11 Å². The fourth-order valence-electron chi connectivity index (χ4n) is 2.00. The smallest absolute Gasteiger partial charge is 0.0715 e. The van der Waals surface area contributed by atoms with Gasteiger partial charge in [-0.3, -0.25) is 0 Å². The van der Waals surface area contributed by atoms with Crippen LogP contribution in [0.2, 0.25) is 0 Å². The quantitative estimate of drug-likeness (QED) is 0.704. The number of hydrogen-bond acceptors (Lipinski definition) is 2. The first-order valence-electron chi connectivity index (χ1n) is 5.45. The van der Waals surface area contributed by atoms with Crippen LogP contribution in [0.25, 0.3) is 0 Å². The minimum Gasteiger partial charge on any atom is -0.389 e. The van der Waals surface area contributed by atoms with Crippen molar-refractivity contribution in [1.29, 1.82) is 0 Å². The van der Waals surface area contributed by atoms with Crippen molar-refractivity contribution in [3.63, 3.8) is 0 Å². The van der Waals surface area contributed by atoms with E-state index in [9.17, 15) is 5.11 Å². The number of nitrogens with one attached hydrogen (secondary N) is 1. The Morgan fingerprint density at radius 3 is 2.46 bits per heavy atom. The summed E-state index contributed by atoms with van der Waals surface area (Å²) < 4.78 is 0. The highest BCUT2D eigenvalue weighted by Gasteiger charge is 2.22. The minimum atomic E-state index is -0.572. The lowest BCUT2D eigenvalue weighted by molar-refractivity contribution is 0.0713. The molecule has 0 saturated heterocycles. The molecule has 1 rings (SSSR count). The van der Waals surface area contributed by atoms with E-state index in [1.165, 1.54) is 25.7 Å². The third-order valence-electron chi connectivity index (χ3n) is 2.91. The molecule has 1 aliphatic rings. The molecule has 0 amide bonds. The summed E-state index contributed by atoms with van der Waals surface area (Å²) in [6.07, 6.45) is 5.33. The summed E-state index contributed by atoms with van der Waals surface area (Å²) in [6, 6.07) is 0.625. The second kappa shape index (κ2) is 4.43. The maximum atomic E-state index is 9.57. The highest BCUT2D eigenvalue weighted by atomic mass is 16.3. The zero-order chi connectivity index (χ0) is 9.90. The molecular weight excluding hydrogens is 162 g/mol. The highest BCUT2D eigenvalue weighted by molar-refractivity contribution is 4.80. The summed E-state index contributed by atoms with van der Waals surface area (Å²) in [5.41, 5.74) is -0.572. The monoisotopic (exact) mass is 185 g/mol. The normalized spacial score (nSPS) is 30.5. The maximum Gasteiger partial charge on any atom is 0.0715 e. The summed E-state index contributed by atoms with van der Waals surface area (Å²) in [5, 5.41) is 13.0. The first-order chi connectivity index (χ1) is 5.99. The lowest BCUT2D eigenvalue weighted by Gasteiger charge is -2.31. The van der Waals surface area contributed by atoms with Crippen LogP contribution in [0.4, 0.5) is 0 Å². The van der Waals surface area contributed by atoms with Crippen LogP contribution >= 0.6 is 0 Å². The highest BCUT2D eigenvalue weighted by Crippen LogP contribution is 2.23. The lowest BCUT2D eigenvalue weighted by atomic mass is 9.85. The first-order valence-corrected chi connectivity index (χ1v) is 5.45. The van der Waals surface area contributed by atoms with Crippen LogP contribution < -0.4 is 5.32 Å². The molecule has 2 atom stereocenters. The number of rotatable bonds is 3. The van der Waals surface area contributed by atoms with Gasteiger partial charge in [-0.15, -0.1) is 0 Å². The summed E-state index contributed by atoms with van der Waals surface area (Å²) in [4.78, 5) is 0. The van der Waals surface area contributed by atoms with Crippen LogP contribution in [0.1, 0.15) is 46.5 Å². The molecule has 0 aromatic heterocycles. The van der Waals surface area contributed by atoms with Gasteiger partial charge in [0.15, 0.2) is 0 Å². The fraction of sp³-hybridized carbons (Fsp3) is 1.00. The van der Waals surface area contributed by atoms with Gasteiger partial charge in [0, 0.05) is 12.6 Å². The SMILES string of the molecule is C[C@H]1CCCC[C@@H]1NCC(C)(C)O. The molecule has 13 heavy (non-hydrogen) atoms. The average molecular weight is 185 g/mol. The van der Waals surface area contributed by atoms with Gasteiger partial charge in [-0.25, -0.2) is 0 Å². The van der Waals surface area contributed by atoms with E-state index in [4.69, 9.17) is 0 Å². The Kier molecular flexibility index (Phi) is 3.74. The van der Waals surface area contributed by atoms with Gasteiger partial charge in [0.25, 0.3) is 0 Å². The molecule has 1 saturated carbocycles. The molecule has 0 aromatic rings. The predicted molar refractivity (Wildman–Crippen MR) is 55.7 cm³/mol. The van der Waals surface area contributed by atoms with Crippen molar-refractivity contribution in [3.8, 4) is 0 Å². The molecule has 0 bridgehead atoms. The zero-order valence-electron chi connectivity index (χ0n) is 9.14. The van der Waals surface area contributed by atoms with E-state index < -0.39 is 5.60 Å². The fourth-order valence-corrected chi connectivity index (χ4v) is 2.00. The zero-order valence-corrected chi connectivity index (χ0v) is 9.14. The van der Waals surface area contributed by atoms with E-state index in [0.29, 0.717) is 12.6 Å². The third-order valence-corrected chi connectivity index (χ3v) is 2.91. The Balaban J connectivity index is 2.27. The van der Waals surface area contributed by atoms with E-state index in [1.807, 2.05) is 13.8 Å². The Hall–Kier alpha value is -0.0800. The molecule has 0 aromatic carbocycles. The van der Waals surface area contributed by atoms with Crippen LogP contribution in [0.15, 0.2) is 0 Å². The van der Waals surface area contributed by atoms with Gasteiger partial charge >= 0.3 is 0 Å². The van der Waals surface area contributed by atoms with E-state index in [-0.39, 0.29) is 0 Å². The minimum absolute atomic E-state index is 0.572. The van der Waals surface area contributed by atoms with E-state index in [1.54, 1.807) is 0 Å². The molecule has 0 aliphatic heterocycles. The number of hydrogen-bond donors (Lipinski definition) is 2. The summed E-state index contributed by atoms with van der Waals surface area (Å²) in [5.74, 6) is 0.774. The second-order valence-corrected chi connectivity index (χ2v) is 5.06. The van der Waals surface area contributed by atoms with Crippen LogP contribution in [0.3, 0.4) is 0 Å². The molecule has 0 unspecified atom stereocenters. The Bertz CT molecular complexity index is 151. The Morgan fingerprint density at radius 2 is 1.92 bits per heavy atom. The van der Waals surface area contributed by atoms with Gasteiger partial charge in [0.2, 0.25) is 0 Å². The van der Waals surface area contributed by atoms with Gasteiger partial charge in [0.1, 0.15) is 0 Å². The van der Waals surface area contributed by atoms with E-state index in [0.717, 1.165) is 5.92 Å². The summed E-state index contributed by atoms with van der Waals surface area (Å²) in [7, 11) is 0. The van der Waals surface area contributed by atoms with Crippen molar-refractivity contribution in [1.82, 2.24) is 5.32 Å². The van der Waals surface area contributed by atoms with E-state index in [2.05, 4.69) is 12.2 Å². The predicted octanol–water partition coefficient (Wildman–Crippen LogP) is 1.93. The maximum absolute atomic E-state index is 9.57. The standard InChI is InChI=1S/C11H23NO/c1-9-6-4-5-7-10(9)12-8-11(2,3)13/h9-10,12-13H,4-8H2,1-3H3/t9-,10-/m0/s1. The first kappa shape index (κ1) is 11.0. The topological polar surface area (TPSA) is 32.3 Å². The van der Waals surface area contributed by atoms with Gasteiger partial charge in [-0.05, 0) is 32.6 Å². The number of aliphatic hydroxyl groups is 1. The molecule has 0 heterocycles. The molecule has 1 fully saturated rings. The summed E-state index contributed by atoms with van der Waals surface area (Å²) >= 11 is 0. The molecule has 1 aliphatic carbocycles. The average Bonchev–Trinajstić information content (AvgIpc) is 2.01. The van der Waals surface area contributed by atoms with Crippen molar-refractivity contribution in [2.24, 2.45) is 5.92 Å². The van der Waals surface area contributed by atoms with Crippen LogP contribution in [-0.2, 0) is 0 Å². The van der Waals surface area contributed by atoms with Gasteiger partial charge in [0.05, 0.1) is 5.60 Å². The lowest BCUT2D eigenvalue weighted by Crippen LogP contribution is -2.44. The Morgan fingerprint density at radius 1 is 1.31 bits per heavy atom. The van der Waals surface area contributed by atoms with Crippen molar-refractivity contribution in [2.75, 3.05) is 6.54 Å². The van der Waals surface area contributed by atoms with Crippen molar-refractivity contribution in [3.05, 3.63) is 0 Å². The second-order valence-electron chi connectivity index (χ2n) is 5.06. The van der Waals surface area contributed by atoms with Crippen LogP contribution in [0, 0.1) is 5.92 Å². The molecular formula is C11H23NO. The van der Waals surface area contributed by atoms with Crippen molar-refractivity contribution in [2.45, 2.75) is 58.1 Å². The van der Waals surface area contributed by atoms with Gasteiger partial charge < -0.3 is 10.4 Å². The van der Waals surface area contributed by atoms with Gasteiger partial charge in [-0.1, -0.05) is 19.8 Å². The molecule has 2 nitrogen and oxygen atoms in total. The van der Waals surface area contributed by atoms with E-state index >= 15 is 0 Å². The molecule has 2 heteroatoms. The molecule has 2 N–H and O–H groups in total.